The molecule has 0 saturated heterocycles. The van der Waals surface area contributed by atoms with Crippen LogP contribution in [0.1, 0.15) is 6.92 Å². The van der Waals surface area contributed by atoms with Gasteiger partial charge < -0.3 is 4.98 Å². The molecule has 0 bridgehead atoms. The molecule has 0 spiro atoms. The third-order valence-corrected chi connectivity index (χ3v) is 7.09. The van der Waals surface area contributed by atoms with Crippen molar-refractivity contribution >= 4 is 38.2 Å². The summed E-state index contributed by atoms with van der Waals surface area (Å²) in [5.41, 5.74) is -0.185. The van der Waals surface area contributed by atoms with E-state index in [0.29, 0.717) is 16.6 Å². The second kappa shape index (κ2) is 8.05. The van der Waals surface area contributed by atoms with Crippen LogP contribution in [-0.2, 0) is 10.0 Å². The number of hydrogen-bond donors (Lipinski definition) is 1. The number of benzene rings is 3. The molecule has 3 aromatic carbocycles. The predicted octanol–water partition coefficient (Wildman–Crippen LogP) is 3.55. The Hall–Kier alpha value is -3.36. The Labute approximate surface area is 183 Å². The van der Waals surface area contributed by atoms with Crippen molar-refractivity contribution in [3.63, 3.8) is 0 Å². The Morgan fingerprint density at radius 3 is 2.32 bits per heavy atom. The van der Waals surface area contributed by atoms with Gasteiger partial charge in [0.25, 0.3) is 15.6 Å². The summed E-state index contributed by atoms with van der Waals surface area (Å²) >= 11 is 6.36. The van der Waals surface area contributed by atoms with Crippen LogP contribution in [0.4, 0.5) is 5.69 Å². The standard InChI is InChI=1S/C22H18ClN3O4S/c1-2-25(15-8-4-3-5-9-15)31(29,30)16-12-13-20(18(23)14-16)26-21(27)17-10-6-7-11-19(17)24-22(26)28/h3-14H,2H2,1H3,(H,24,28). The maximum atomic E-state index is 13.2. The summed E-state index contributed by atoms with van der Waals surface area (Å²) in [5, 5.41) is 0.282. The number of anilines is 1. The molecule has 7 nitrogen and oxygen atoms in total. The van der Waals surface area contributed by atoms with Gasteiger partial charge in [-0.15, -0.1) is 0 Å². The number of aromatic nitrogens is 2. The third kappa shape index (κ3) is 3.64. The zero-order valence-electron chi connectivity index (χ0n) is 16.4. The molecule has 0 aliphatic heterocycles. The maximum absolute atomic E-state index is 13.2. The highest BCUT2D eigenvalue weighted by molar-refractivity contribution is 7.92. The fraction of sp³-hybridized carbons (Fsp3) is 0.0909. The molecule has 0 radical (unpaired) electrons. The van der Waals surface area contributed by atoms with Crippen LogP contribution in [0.2, 0.25) is 5.02 Å². The number of H-pyrrole nitrogens is 1. The highest BCUT2D eigenvalue weighted by atomic mass is 35.5. The topological polar surface area (TPSA) is 92.2 Å². The summed E-state index contributed by atoms with van der Waals surface area (Å²) in [6.07, 6.45) is 0. The lowest BCUT2D eigenvalue weighted by Gasteiger charge is -2.23. The summed E-state index contributed by atoms with van der Waals surface area (Å²) in [6, 6.07) is 19.3. The first-order valence-corrected chi connectivity index (χ1v) is 11.3. The minimum atomic E-state index is -3.90. The van der Waals surface area contributed by atoms with Gasteiger partial charge in [-0.2, -0.15) is 0 Å². The molecule has 0 atom stereocenters. The Balaban J connectivity index is 1.84. The maximum Gasteiger partial charge on any atom is 0.333 e. The van der Waals surface area contributed by atoms with E-state index in [1.807, 2.05) is 0 Å². The fourth-order valence-corrected chi connectivity index (χ4v) is 5.25. The zero-order valence-corrected chi connectivity index (χ0v) is 18.0. The Bertz CT molecular complexity index is 1490. The second-order valence-corrected chi connectivity index (χ2v) is 9.00. The first-order chi connectivity index (χ1) is 14.8. The van der Waals surface area contributed by atoms with Crippen molar-refractivity contribution in [3.8, 4) is 5.69 Å². The summed E-state index contributed by atoms with van der Waals surface area (Å²) in [5.74, 6) is 0. The van der Waals surface area contributed by atoms with Gasteiger partial charge in [-0.1, -0.05) is 41.9 Å². The van der Waals surface area contributed by atoms with Crippen molar-refractivity contribution in [1.82, 2.24) is 9.55 Å². The lowest BCUT2D eigenvalue weighted by atomic mass is 10.2. The Morgan fingerprint density at radius 2 is 1.65 bits per heavy atom. The molecule has 4 aromatic rings. The Kier molecular flexibility index (Phi) is 5.43. The van der Waals surface area contributed by atoms with Gasteiger partial charge in [-0.25, -0.2) is 17.8 Å². The van der Waals surface area contributed by atoms with Gasteiger partial charge in [-0.3, -0.25) is 9.10 Å². The summed E-state index contributed by atoms with van der Waals surface area (Å²) in [4.78, 5) is 28.0. The van der Waals surface area contributed by atoms with E-state index in [2.05, 4.69) is 4.98 Å². The van der Waals surface area contributed by atoms with Crippen molar-refractivity contribution < 1.29 is 8.42 Å². The van der Waals surface area contributed by atoms with E-state index >= 15 is 0 Å². The molecule has 0 aliphatic rings. The van der Waals surface area contributed by atoms with E-state index in [1.54, 1.807) is 61.5 Å². The molecule has 158 valence electrons. The quantitative estimate of drug-likeness (QED) is 0.498. The van der Waals surface area contributed by atoms with Crippen LogP contribution in [0, 0.1) is 0 Å². The largest absolute Gasteiger partial charge is 0.333 e. The fourth-order valence-electron chi connectivity index (χ4n) is 3.42. The van der Waals surface area contributed by atoms with E-state index in [1.165, 1.54) is 22.5 Å². The van der Waals surface area contributed by atoms with Gasteiger partial charge in [0.05, 0.1) is 32.2 Å². The number of hydrogen-bond acceptors (Lipinski definition) is 4. The molecule has 31 heavy (non-hydrogen) atoms. The number of para-hydroxylation sites is 2. The lowest BCUT2D eigenvalue weighted by molar-refractivity contribution is 0.592. The highest BCUT2D eigenvalue weighted by Gasteiger charge is 2.25. The van der Waals surface area contributed by atoms with Crippen LogP contribution in [0.25, 0.3) is 16.6 Å². The lowest BCUT2D eigenvalue weighted by Crippen LogP contribution is -2.34. The number of nitrogens with zero attached hydrogens (tertiary/aromatic N) is 2. The van der Waals surface area contributed by atoms with Crippen molar-refractivity contribution in [2.24, 2.45) is 0 Å². The van der Waals surface area contributed by atoms with Crippen LogP contribution in [0.3, 0.4) is 0 Å². The molecule has 4 rings (SSSR count). The summed E-state index contributed by atoms with van der Waals surface area (Å²) in [7, 11) is -3.90. The van der Waals surface area contributed by atoms with Crippen LogP contribution >= 0.6 is 11.6 Å². The molecular weight excluding hydrogens is 438 g/mol. The van der Waals surface area contributed by atoms with Crippen LogP contribution < -0.4 is 15.6 Å². The molecule has 0 aliphatic carbocycles. The zero-order chi connectivity index (χ0) is 22.2. The van der Waals surface area contributed by atoms with E-state index in [-0.39, 0.29) is 22.2 Å². The van der Waals surface area contributed by atoms with Gasteiger partial charge in [-0.05, 0) is 49.4 Å². The van der Waals surface area contributed by atoms with Crippen molar-refractivity contribution in [1.29, 1.82) is 0 Å². The van der Waals surface area contributed by atoms with E-state index in [0.717, 1.165) is 4.57 Å². The average molecular weight is 456 g/mol. The highest BCUT2D eigenvalue weighted by Crippen LogP contribution is 2.27. The van der Waals surface area contributed by atoms with Gasteiger partial charge in [0.15, 0.2) is 0 Å². The van der Waals surface area contributed by atoms with Crippen molar-refractivity contribution in [3.05, 3.63) is 98.7 Å². The summed E-state index contributed by atoms with van der Waals surface area (Å²) in [6.45, 7) is 1.95. The minimum Gasteiger partial charge on any atom is -0.306 e. The van der Waals surface area contributed by atoms with Crippen LogP contribution in [0.15, 0.2) is 87.3 Å². The molecule has 0 unspecified atom stereocenters. The molecule has 9 heteroatoms. The van der Waals surface area contributed by atoms with Crippen LogP contribution in [0.5, 0.6) is 0 Å². The first-order valence-electron chi connectivity index (χ1n) is 9.46. The molecule has 0 saturated carbocycles. The molecule has 1 N–H and O–H groups in total. The van der Waals surface area contributed by atoms with Gasteiger partial charge >= 0.3 is 5.69 Å². The van der Waals surface area contributed by atoms with Crippen molar-refractivity contribution in [2.45, 2.75) is 11.8 Å². The minimum absolute atomic E-state index is 0.0342. The number of aromatic amines is 1. The third-order valence-electron chi connectivity index (χ3n) is 4.88. The molecule has 0 amide bonds. The molecule has 0 fully saturated rings. The van der Waals surface area contributed by atoms with Gasteiger partial charge in [0.2, 0.25) is 0 Å². The molecule has 1 heterocycles. The van der Waals surface area contributed by atoms with Crippen LogP contribution in [-0.4, -0.2) is 24.5 Å². The van der Waals surface area contributed by atoms with E-state index in [4.69, 9.17) is 11.6 Å². The Morgan fingerprint density at radius 1 is 0.968 bits per heavy atom. The smallest absolute Gasteiger partial charge is 0.306 e. The molecular formula is C22H18ClN3O4S. The number of sulfonamides is 1. The summed E-state index contributed by atoms with van der Waals surface area (Å²) < 4.78 is 28.6. The normalized spacial score (nSPS) is 11.5. The number of rotatable bonds is 5. The number of nitrogens with one attached hydrogen (secondary N) is 1. The van der Waals surface area contributed by atoms with E-state index < -0.39 is 21.3 Å². The second-order valence-electron chi connectivity index (χ2n) is 6.73. The van der Waals surface area contributed by atoms with E-state index in [9.17, 15) is 18.0 Å². The number of halogens is 1. The van der Waals surface area contributed by atoms with Gasteiger partial charge in [0, 0.05) is 6.54 Å². The molecule has 1 aromatic heterocycles. The van der Waals surface area contributed by atoms with Crippen molar-refractivity contribution in [2.75, 3.05) is 10.8 Å². The van der Waals surface area contributed by atoms with Gasteiger partial charge in [0.1, 0.15) is 0 Å². The monoisotopic (exact) mass is 455 g/mol. The predicted molar refractivity (Wildman–Crippen MR) is 122 cm³/mol. The first kappa shape index (κ1) is 20.9. The average Bonchev–Trinajstić information content (AvgIpc) is 2.76. The number of fused-ring (bicyclic) bond motifs is 1. The SMILES string of the molecule is CCN(c1ccccc1)S(=O)(=O)c1ccc(-n2c(=O)[nH]c3ccccc3c2=O)c(Cl)c1.